The highest BCUT2D eigenvalue weighted by atomic mass is 35.5. The molecule has 0 fully saturated rings. The fourth-order valence-corrected chi connectivity index (χ4v) is 2.62. The summed E-state index contributed by atoms with van der Waals surface area (Å²) < 4.78 is 1.73. The van der Waals surface area contributed by atoms with Crippen LogP contribution >= 0.6 is 11.3 Å². The van der Waals surface area contributed by atoms with Crippen molar-refractivity contribution < 1.29 is 21.7 Å². The van der Waals surface area contributed by atoms with Crippen molar-refractivity contribution in [3.8, 4) is 0 Å². The minimum absolute atomic E-state index is 0. The summed E-state index contributed by atoms with van der Waals surface area (Å²) in [5, 5.41) is 3.97. The van der Waals surface area contributed by atoms with Crippen LogP contribution in [-0.4, -0.2) is 43.1 Å². The summed E-state index contributed by atoms with van der Waals surface area (Å²) in [4.78, 5) is 16.2. The van der Waals surface area contributed by atoms with Crippen molar-refractivity contribution in [2.75, 3.05) is 33.0 Å². The molecule has 0 saturated heterocycles. The van der Waals surface area contributed by atoms with E-state index < -0.39 is 0 Å². The van der Waals surface area contributed by atoms with Crippen molar-refractivity contribution in [1.29, 1.82) is 0 Å². The van der Waals surface area contributed by atoms with Gasteiger partial charge in [0, 0.05) is 5.69 Å². The second-order valence-corrected chi connectivity index (χ2v) is 6.65. The van der Waals surface area contributed by atoms with Gasteiger partial charge in [0.05, 0.1) is 36.4 Å². The number of nitrogens with one attached hydrogen (secondary N) is 1. The fourth-order valence-electron chi connectivity index (χ4n) is 1.75. The molecule has 19 heavy (non-hydrogen) atoms. The Bertz CT molecular complexity index is 589. The summed E-state index contributed by atoms with van der Waals surface area (Å²) in [6.07, 6.45) is 0. The Morgan fingerprint density at radius 3 is 2.68 bits per heavy atom. The van der Waals surface area contributed by atoms with Crippen molar-refractivity contribution >= 4 is 33.1 Å². The first-order valence-electron chi connectivity index (χ1n) is 5.81. The van der Waals surface area contributed by atoms with Gasteiger partial charge in [0.1, 0.15) is 0 Å². The van der Waals surface area contributed by atoms with Gasteiger partial charge in [-0.2, -0.15) is 0 Å². The number of hydrogen-bond donors (Lipinski definition) is 1. The first kappa shape index (κ1) is 15.9. The third-order valence-electron chi connectivity index (χ3n) is 2.40. The molecule has 0 aliphatic heterocycles. The lowest BCUT2D eigenvalue weighted by Crippen LogP contribution is -3.00. The number of aromatic nitrogens is 1. The summed E-state index contributed by atoms with van der Waals surface area (Å²) in [6.45, 7) is 2.44. The Hall–Kier alpha value is -1.17. The van der Waals surface area contributed by atoms with Crippen LogP contribution in [0.2, 0.25) is 0 Å². The van der Waals surface area contributed by atoms with E-state index in [9.17, 15) is 4.79 Å². The predicted molar refractivity (Wildman–Crippen MR) is 75.9 cm³/mol. The summed E-state index contributed by atoms with van der Waals surface area (Å²) in [7, 11) is 5.99. The number of carbonyl (C=O) groups is 1. The van der Waals surface area contributed by atoms with E-state index in [-0.39, 0.29) is 18.3 Å². The number of fused-ring (bicyclic) bond motifs is 1. The second kappa shape index (κ2) is 5.86. The lowest BCUT2D eigenvalue weighted by Gasteiger charge is -2.22. The normalized spacial score (nSPS) is 11.2. The van der Waals surface area contributed by atoms with Gasteiger partial charge in [-0.25, -0.2) is 4.98 Å². The van der Waals surface area contributed by atoms with Crippen molar-refractivity contribution in [3.05, 3.63) is 23.2 Å². The highest BCUT2D eigenvalue weighted by Gasteiger charge is 2.14. The fraction of sp³-hybridized carbons (Fsp3) is 0.385. The summed E-state index contributed by atoms with van der Waals surface area (Å²) in [5.74, 6) is 0.0306. The molecule has 0 bridgehead atoms. The van der Waals surface area contributed by atoms with Gasteiger partial charge in [0.25, 0.3) is 5.91 Å². The number of amides is 1. The molecule has 0 aliphatic rings. The standard InChI is InChI=1S/C13H17N3OS.ClH/c1-9-14-11-6-5-10(7-12(11)18-9)15-13(17)8-16(2,3)4;/h5-7H,8H2,1-4H3;1H. The highest BCUT2D eigenvalue weighted by molar-refractivity contribution is 7.18. The van der Waals surface area contributed by atoms with Crippen LogP contribution in [0.1, 0.15) is 5.01 Å². The molecule has 4 nitrogen and oxygen atoms in total. The zero-order chi connectivity index (χ0) is 13.3. The van der Waals surface area contributed by atoms with Crippen molar-refractivity contribution in [1.82, 2.24) is 4.98 Å². The van der Waals surface area contributed by atoms with Crippen LogP contribution in [0.15, 0.2) is 18.2 Å². The molecule has 2 rings (SSSR count). The SMILES string of the molecule is Cc1nc2ccc(NC(=O)C[N+](C)(C)C)cc2s1.[Cl-]. The molecule has 1 amide bonds. The first-order valence-corrected chi connectivity index (χ1v) is 6.63. The average molecular weight is 300 g/mol. The third-order valence-corrected chi connectivity index (χ3v) is 3.33. The third kappa shape index (κ3) is 4.45. The minimum Gasteiger partial charge on any atom is -1.00 e. The summed E-state index contributed by atoms with van der Waals surface area (Å²) >= 11 is 1.64. The van der Waals surface area contributed by atoms with E-state index in [4.69, 9.17) is 0 Å². The number of anilines is 1. The Morgan fingerprint density at radius 1 is 1.37 bits per heavy atom. The predicted octanol–water partition coefficient (Wildman–Crippen LogP) is -0.747. The molecular formula is C13H18ClN3OS. The van der Waals surface area contributed by atoms with Crippen LogP contribution in [0.3, 0.4) is 0 Å². The van der Waals surface area contributed by atoms with Crippen molar-refractivity contribution in [2.45, 2.75) is 6.92 Å². The van der Waals surface area contributed by atoms with E-state index in [1.165, 1.54) is 0 Å². The van der Waals surface area contributed by atoms with Crippen LogP contribution in [0, 0.1) is 6.92 Å². The van der Waals surface area contributed by atoms with E-state index in [1.807, 2.05) is 46.3 Å². The molecule has 6 heteroatoms. The molecule has 0 unspecified atom stereocenters. The molecule has 1 heterocycles. The van der Waals surface area contributed by atoms with E-state index in [0.29, 0.717) is 11.0 Å². The lowest BCUT2D eigenvalue weighted by molar-refractivity contribution is -0.861. The number of hydrogen-bond acceptors (Lipinski definition) is 3. The first-order chi connectivity index (χ1) is 8.33. The number of thiazole rings is 1. The van der Waals surface area contributed by atoms with Crippen molar-refractivity contribution in [3.63, 3.8) is 0 Å². The molecule has 0 atom stereocenters. The van der Waals surface area contributed by atoms with Gasteiger partial charge >= 0.3 is 0 Å². The maximum atomic E-state index is 11.8. The molecule has 0 spiro atoms. The van der Waals surface area contributed by atoms with E-state index in [0.717, 1.165) is 20.9 Å². The van der Waals surface area contributed by atoms with Gasteiger partial charge in [-0.05, 0) is 25.1 Å². The number of quaternary nitrogens is 1. The smallest absolute Gasteiger partial charge is 0.279 e. The number of carbonyl (C=O) groups excluding carboxylic acids is 1. The van der Waals surface area contributed by atoms with Crippen LogP contribution in [0.5, 0.6) is 0 Å². The number of halogens is 1. The molecule has 2 aromatic rings. The summed E-state index contributed by atoms with van der Waals surface area (Å²) in [5.41, 5.74) is 1.83. The second-order valence-electron chi connectivity index (χ2n) is 5.41. The van der Waals surface area contributed by atoms with Gasteiger partial charge in [-0.3, -0.25) is 4.79 Å². The van der Waals surface area contributed by atoms with Crippen LogP contribution < -0.4 is 17.7 Å². The van der Waals surface area contributed by atoms with Crippen LogP contribution in [0.4, 0.5) is 5.69 Å². The largest absolute Gasteiger partial charge is 1.00 e. The van der Waals surface area contributed by atoms with E-state index in [1.54, 1.807) is 11.3 Å². The molecular weight excluding hydrogens is 282 g/mol. The Kier molecular flexibility index (Phi) is 4.90. The Labute approximate surface area is 123 Å². The monoisotopic (exact) mass is 299 g/mol. The van der Waals surface area contributed by atoms with Gasteiger partial charge in [0.15, 0.2) is 6.54 Å². The molecule has 1 aromatic heterocycles. The van der Waals surface area contributed by atoms with Crippen LogP contribution in [-0.2, 0) is 4.79 Å². The number of nitrogens with zero attached hydrogens (tertiary/aromatic N) is 2. The molecule has 0 radical (unpaired) electrons. The van der Waals surface area contributed by atoms with E-state index >= 15 is 0 Å². The topological polar surface area (TPSA) is 42.0 Å². The van der Waals surface area contributed by atoms with Gasteiger partial charge in [-0.15, -0.1) is 11.3 Å². The van der Waals surface area contributed by atoms with Gasteiger partial charge < -0.3 is 22.2 Å². The molecule has 0 aliphatic carbocycles. The maximum absolute atomic E-state index is 11.8. The van der Waals surface area contributed by atoms with Crippen molar-refractivity contribution in [2.24, 2.45) is 0 Å². The number of rotatable bonds is 3. The molecule has 0 saturated carbocycles. The zero-order valence-corrected chi connectivity index (χ0v) is 13.1. The quantitative estimate of drug-likeness (QED) is 0.758. The molecule has 1 aromatic carbocycles. The van der Waals surface area contributed by atoms with E-state index in [2.05, 4.69) is 10.3 Å². The maximum Gasteiger partial charge on any atom is 0.279 e. The average Bonchev–Trinajstić information content (AvgIpc) is 2.53. The lowest BCUT2D eigenvalue weighted by atomic mass is 10.3. The number of likely N-dealkylation sites (N-methyl/N-ethyl adjacent to an activating group) is 1. The minimum atomic E-state index is 0. The Morgan fingerprint density at radius 2 is 2.05 bits per heavy atom. The Balaban J connectivity index is 0.00000180. The summed E-state index contributed by atoms with van der Waals surface area (Å²) in [6, 6.07) is 5.82. The number of aryl methyl sites for hydroxylation is 1. The highest BCUT2D eigenvalue weighted by Crippen LogP contribution is 2.24. The molecule has 1 N–H and O–H groups in total. The number of benzene rings is 1. The van der Waals surface area contributed by atoms with Gasteiger partial charge in [0.2, 0.25) is 0 Å². The zero-order valence-electron chi connectivity index (χ0n) is 11.5. The molecule has 104 valence electrons. The van der Waals surface area contributed by atoms with Gasteiger partial charge in [-0.1, -0.05) is 0 Å². The van der Waals surface area contributed by atoms with Crippen LogP contribution in [0.25, 0.3) is 10.2 Å².